The molecule has 1 aromatic carbocycles. The highest BCUT2D eigenvalue weighted by Gasteiger charge is 2.13. The highest BCUT2D eigenvalue weighted by molar-refractivity contribution is 5.37. The Bertz CT molecular complexity index is 377. The molecule has 1 aromatic rings. The van der Waals surface area contributed by atoms with Crippen LogP contribution in [0.15, 0.2) is 18.2 Å². The van der Waals surface area contributed by atoms with Gasteiger partial charge in [-0.1, -0.05) is 19.9 Å². The molecule has 3 heteroatoms. The third kappa shape index (κ3) is 3.72. The van der Waals surface area contributed by atoms with Gasteiger partial charge >= 0.3 is 0 Å². The fraction of sp³-hybridized carbons (Fsp3) is 0.600. The average Bonchev–Trinajstić information content (AvgIpc) is 2.37. The van der Waals surface area contributed by atoms with E-state index in [2.05, 4.69) is 44.9 Å². The van der Waals surface area contributed by atoms with E-state index in [4.69, 9.17) is 10.5 Å². The van der Waals surface area contributed by atoms with Crippen molar-refractivity contribution in [2.24, 2.45) is 11.7 Å². The summed E-state index contributed by atoms with van der Waals surface area (Å²) in [4.78, 5) is 2.37. The average molecular weight is 250 g/mol. The minimum absolute atomic E-state index is 0.514. The minimum atomic E-state index is 0.514. The first-order valence-corrected chi connectivity index (χ1v) is 6.55. The van der Waals surface area contributed by atoms with Crippen molar-refractivity contribution >= 4 is 0 Å². The van der Waals surface area contributed by atoms with E-state index >= 15 is 0 Å². The van der Waals surface area contributed by atoms with Crippen LogP contribution in [-0.2, 0) is 13.1 Å². The summed E-state index contributed by atoms with van der Waals surface area (Å²) in [7, 11) is 3.85. The molecule has 1 atom stereocenters. The number of nitrogens with two attached hydrogens (primary N) is 1. The summed E-state index contributed by atoms with van der Waals surface area (Å²) >= 11 is 0. The molecule has 0 aromatic heterocycles. The molecular weight excluding hydrogens is 224 g/mol. The largest absolute Gasteiger partial charge is 0.496 e. The van der Waals surface area contributed by atoms with Crippen molar-refractivity contribution in [3.63, 3.8) is 0 Å². The second kappa shape index (κ2) is 6.76. The van der Waals surface area contributed by atoms with E-state index in [9.17, 15) is 0 Å². The van der Waals surface area contributed by atoms with Gasteiger partial charge in [-0.2, -0.15) is 0 Å². The molecule has 18 heavy (non-hydrogen) atoms. The lowest BCUT2D eigenvalue weighted by Crippen LogP contribution is -2.32. The van der Waals surface area contributed by atoms with Crippen molar-refractivity contribution in [3.05, 3.63) is 29.3 Å². The van der Waals surface area contributed by atoms with Gasteiger partial charge in [0.05, 0.1) is 7.11 Å². The SMILES string of the molecule is COc1ccc(CN(C)C(C)C(C)C)cc1CN. The summed E-state index contributed by atoms with van der Waals surface area (Å²) in [6.45, 7) is 8.22. The topological polar surface area (TPSA) is 38.5 Å². The molecule has 0 fully saturated rings. The van der Waals surface area contributed by atoms with Crippen molar-refractivity contribution < 1.29 is 4.74 Å². The summed E-state index contributed by atoms with van der Waals surface area (Å²) < 4.78 is 5.29. The van der Waals surface area contributed by atoms with E-state index in [1.54, 1.807) is 7.11 Å². The van der Waals surface area contributed by atoms with Crippen LogP contribution in [0.1, 0.15) is 31.9 Å². The lowest BCUT2D eigenvalue weighted by molar-refractivity contribution is 0.200. The second-order valence-electron chi connectivity index (χ2n) is 5.25. The number of rotatable bonds is 6. The van der Waals surface area contributed by atoms with Gasteiger partial charge in [-0.05, 0) is 37.6 Å². The molecule has 2 N–H and O–H groups in total. The van der Waals surface area contributed by atoms with Crippen molar-refractivity contribution in [1.82, 2.24) is 4.90 Å². The predicted molar refractivity (Wildman–Crippen MR) is 76.7 cm³/mol. The standard InChI is InChI=1S/C15H26N2O/c1-11(2)12(3)17(4)10-13-6-7-15(18-5)14(8-13)9-16/h6-8,11-12H,9-10,16H2,1-5H3. The first-order valence-electron chi connectivity index (χ1n) is 6.55. The summed E-state index contributed by atoms with van der Waals surface area (Å²) in [6.07, 6.45) is 0. The van der Waals surface area contributed by atoms with Crippen molar-refractivity contribution in [2.75, 3.05) is 14.2 Å². The van der Waals surface area contributed by atoms with Crippen LogP contribution in [0.25, 0.3) is 0 Å². The van der Waals surface area contributed by atoms with Crippen LogP contribution in [0.3, 0.4) is 0 Å². The fourth-order valence-electron chi connectivity index (χ4n) is 2.03. The molecule has 0 spiro atoms. The number of hydrogen-bond acceptors (Lipinski definition) is 3. The first kappa shape index (κ1) is 15.0. The maximum absolute atomic E-state index is 5.74. The van der Waals surface area contributed by atoms with E-state index in [0.717, 1.165) is 17.9 Å². The smallest absolute Gasteiger partial charge is 0.123 e. The highest BCUT2D eigenvalue weighted by atomic mass is 16.5. The zero-order valence-electron chi connectivity index (χ0n) is 12.2. The summed E-state index contributed by atoms with van der Waals surface area (Å²) in [5, 5.41) is 0. The van der Waals surface area contributed by atoms with Gasteiger partial charge in [0.2, 0.25) is 0 Å². The van der Waals surface area contributed by atoms with E-state index in [-0.39, 0.29) is 0 Å². The molecule has 0 saturated carbocycles. The first-order chi connectivity index (χ1) is 8.49. The number of ether oxygens (including phenoxy) is 1. The monoisotopic (exact) mass is 250 g/mol. The lowest BCUT2D eigenvalue weighted by Gasteiger charge is -2.28. The Labute approximate surface area is 111 Å². The predicted octanol–water partition coefficient (Wildman–Crippen LogP) is 2.63. The number of methoxy groups -OCH3 is 1. The molecule has 0 amide bonds. The lowest BCUT2D eigenvalue weighted by atomic mass is 10.0. The summed E-state index contributed by atoms with van der Waals surface area (Å²) in [5.41, 5.74) is 8.09. The Morgan fingerprint density at radius 3 is 2.44 bits per heavy atom. The van der Waals surface area contributed by atoms with Crippen LogP contribution in [0.5, 0.6) is 5.75 Å². The maximum atomic E-state index is 5.74. The van der Waals surface area contributed by atoms with Gasteiger partial charge in [-0.25, -0.2) is 0 Å². The van der Waals surface area contributed by atoms with Gasteiger partial charge in [0.1, 0.15) is 5.75 Å². The molecule has 1 unspecified atom stereocenters. The molecule has 0 heterocycles. The number of hydrogen-bond donors (Lipinski definition) is 1. The van der Waals surface area contributed by atoms with Crippen LogP contribution in [0.2, 0.25) is 0 Å². The maximum Gasteiger partial charge on any atom is 0.123 e. The normalized spacial score (nSPS) is 13.1. The third-order valence-electron chi connectivity index (χ3n) is 3.66. The van der Waals surface area contributed by atoms with Crippen LogP contribution >= 0.6 is 0 Å². The van der Waals surface area contributed by atoms with Gasteiger partial charge in [-0.3, -0.25) is 4.90 Å². The molecular formula is C15H26N2O. The molecule has 0 aliphatic rings. The van der Waals surface area contributed by atoms with Crippen molar-refractivity contribution in [1.29, 1.82) is 0 Å². The Balaban J connectivity index is 2.79. The van der Waals surface area contributed by atoms with E-state index in [1.165, 1.54) is 5.56 Å². The van der Waals surface area contributed by atoms with Crippen LogP contribution < -0.4 is 10.5 Å². The van der Waals surface area contributed by atoms with Crippen molar-refractivity contribution in [3.8, 4) is 5.75 Å². The van der Waals surface area contributed by atoms with E-state index in [1.807, 2.05) is 6.07 Å². The summed E-state index contributed by atoms with van der Waals surface area (Å²) in [5.74, 6) is 1.53. The number of nitrogens with zero attached hydrogens (tertiary/aromatic N) is 1. The molecule has 0 radical (unpaired) electrons. The quantitative estimate of drug-likeness (QED) is 0.843. The van der Waals surface area contributed by atoms with E-state index < -0.39 is 0 Å². The van der Waals surface area contributed by atoms with Gasteiger partial charge in [0.15, 0.2) is 0 Å². The highest BCUT2D eigenvalue weighted by Crippen LogP contribution is 2.21. The molecule has 0 aliphatic heterocycles. The zero-order chi connectivity index (χ0) is 13.7. The Kier molecular flexibility index (Phi) is 5.63. The Morgan fingerprint density at radius 1 is 1.28 bits per heavy atom. The fourth-order valence-corrected chi connectivity index (χ4v) is 2.03. The Hall–Kier alpha value is -1.06. The van der Waals surface area contributed by atoms with Crippen molar-refractivity contribution in [2.45, 2.75) is 39.9 Å². The molecule has 3 nitrogen and oxygen atoms in total. The Morgan fingerprint density at radius 2 is 1.94 bits per heavy atom. The molecule has 0 aliphatic carbocycles. The molecule has 0 saturated heterocycles. The van der Waals surface area contributed by atoms with Crippen LogP contribution in [0.4, 0.5) is 0 Å². The molecule has 0 bridgehead atoms. The molecule has 102 valence electrons. The minimum Gasteiger partial charge on any atom is -0.496 e. The van der Waals surface area contributed by atoms with Gasteiger partial charge in [-0.15, -0.1) is 0 Å². The summed E-state index contributed by atoms with van der Waals surface area (Å²) in [6, 6.07) is 6.82. The number of benzene rings is 1. The van der Waals surface area contributed by atoms with Gasteiger partial charge in [0, 0.05) is 24.7 Å². The van der Waals surface area contributed by atoms with E-state index in [0.29, 0.717) is 18.5 Å². The second-order valence-corrected chi connectivity index (χ2v) is 5.25. The third-order valence-corrected chi connectivity index (χ3v) is 3.66. The van der Waals surface area contributed by atoms with Gasteiger partial charge < -0.3 is 10.5 Å². The van der Waals surface area contributed by atoms with Crippen LogP contribution in [-0.4, -0.2) is 25.1 Å². The van der Waals surface area contributed by atoms with Gasteiger partial charge in [0.25, 0.3) is 0 Å². The molecule has 1 rings (SSSR count). The van der Waals surface area contributed by atoms with Crippen LogP contribution in [0, 0.1) is 5.92 Å². The zero-order valence-corrected chi connectivity index (χ0v) is 12.2.